The molecule has 0 aliphatic carbocycles. The summed E-state index contributed by atoms with van der Waals surface area (Å²) in [7, 11) is 0. The van der Waals surface area contributed by atoms with E-state index in [2.05, 4.69) is 118 Å². The Morgan fingerprint density at radius 2 is 0.647 bits per heavy atom. The normalized spacial score (nSPS) is 11.3. The van der Waals surface area contributed by atoms with Gasteiger partial charge in [-0.05, 0) is 0 Å². The second-order valence-electron chi connectivity index (χ2n) is 12.2. The van der Waals surface area contributed by atoms with Crippen molar-refractivity contribution in [3.05, 3.63) is 133 Å². The Kier molecular flexibility index (Phi) is 21.2. The minimum absolute atomic E-state index is 0. The molecule has 0 fully saturated rings. The second-order valence-corrected chi connectivity index (χ2v) is 12.2. The average Bonchev–Trinajstić information content (AvgIpc) is 3.73. The Morgan fingerprint density at radius 3 is 0.843 bits per heavy atom. The maximum absolute atomic E-state index is 6.69. The minimum atomic E-state index is 0. The SMILES string of the molecule is CCCC[N+]1=C=[N+](CCCC)c2ccccc21.CCCC[N+]1=C=[N+](CCCC)c2ccccc21.[C-]#Cc1ccccc1.[C-]#Cc1ccccc1.[Pt+2]. The van der Waals surface area contributed by atoms with Crippen LogP contribution in [0.1, 0.15) is 90.2 Å². The van der Waals surface area contributed by atoms with Gasteiger partial charge >= 0.3 is 33.1 Å². The molecule has 5 heteroatoms. The summed E-state index contributed by atoms with van der Waals surface area (Å²) >= 11 is 0. The fourth-order valence-electron chi connectivity index (χ4n) is 5.34. The molecule has 0 amide bonds. The van der Waals surface area contributed by atoms with Crippen LogP contribution in [0.2, 0.25) is 0 Å². The number of rotatable bonds is 12. The van der Waals surface area contributed by atoms with Crippen molar-refractivity contribution in [3.63, 3.8) is 0 Å². The van der Waals surface area contributed by atoms with Crippen LogP contribution in [0.15, 0.2) is 109 Å². The number of para-hydroxylation sites is 4. The molecule has 4 nitrogen and oxygen atoms in total. The van der Waals surface area contributed by atoms with Crippen LogP contribution in [0.25, 0.3) is 0 Å². The van der Waals surface area contributed by atoms with Gasteiger partial charge in [0.15, 0.2) is 26.2 Å². The quantitative estimate of drug-likeness (QED) is 0.0765. The number of nitrogens with zero attached hydrogens (tertiary/aromatic N) is 4. The third-order valence-corrected chi connectivity index (χ3v) is 8.19. The van der Waals surface area contributed by atoms with Gasteiger partial charge in [0.05, 0.1) is 0 Å². The molecule has 4 aromatic carbocycles. The van der Waals surface area contributed by atoms with Crippen molar-refractivity contribution in [1.82, 2.24) is 0 Å². The Bertz CT molecular complexity index is 1620. The first-order chi connectivity index (χ1) is 24.6. The smallest absolute Gasteiger partial charge is 0.366 e. The number of fused-ring (bicyclic) bond motifs is 2. The first-order valence-corrected chi connectivity index (χ1v) is 18.4. The van der Waals surface area contributed by atoms with Crippen molar-refractivity contribution in [1.29, 1.82) is 0 Å². The molecule has 2 aliphatic heterocycles. The number of hydrogen-bond donors (Lipinski definition) is 0. The summed E-state index contributed by atoms with van der Waals surface area (Å²) in [6.07, 6.45) is 23.2. The van der Waals surface area contributed by atoms with Gasteiger partial charge in [-0.1, -0.05) is 132 Å². The molecule has 264 valence electrons. The predicted octanol–water partition coefficient (Wildman–Crippen LogP) is 10.8. The van der Waals surface area contributed by atoms with Crippen LogP contribution in [0, 0.1) is 24.7 Å². The van der Waals surface area contributed by atoms with Crippen molar-refractivity contribution >= 4 is 34.8 Å². The second kappa shape index (κ2) is 25.4. The Balaban J connectivity index is 0.000000248. The average molecular weight is 858 g/mol. The number of benzene rings is 4. The zero-order chi connectivity index (χ0) is 35.8. The number of hydrogen-bond acceptors (Lipinski definition) is 0. The fourth-order valence-corrected chi connectivity index (χ4v) is 5.34. The van der Waals surface area contributed by atoms with Gasteiger partial charge in [-0.3, -0.25) is 11.8 Å². The summed E-state index contributed by atoms with van der Waals surface area (Å²) < 4.78 is 9.09. The summed E-state index contributed by atoms with van der Waals surface area (Å²) in [5, 5.41) is 0. The van der Waals surface area contributed by atoms with Crippen LogP contribution in [0.5, 0.6) is 0 Å². The molecular weight excluding hydrogens is 804 g/mol. The molecular formula is C46H54N4Pt+4. The van der Waals surface area contributed by atoms with E-state index >= 15 is 0 Å². The molecule has 0 N–H and O–H groups in total. The molecule has 2 heterocycles. The van der Waals surface area contributed by atoms with E-state index in [0.717, 1.165) is 37.3 Å². The third-order valence-electron chi connectivity index (χ3n) is 8.19. The van der Waals surface area contributed by atoms with Crippen molar-refractivity contribution in [3.8, 4) is 11.8 Å². The maximum atomic E-state index is 6.69. The van der Waals surface area contributed by atoms with E-state index in [4.69, 9.17) is 12.8 Å². The molecule has 0 spiro atoms. The Hall–Kier alpha value is -4.55. The molecule has 0 bridgehead atoms. The zero-order valence-electron chi connectivity index (χ0n) is 31.0. The molecule has 6 rings (SSSR count). The van der Waals surface area contributed by atoms with Gasteiger partial charge in [-0.2, -0.15) is 0 Å². The molecule has 2 aliphatic rings. The van der Waals surface area contributed by atoms with Gasteiger partial charge in [-0.25, -0.2) is 0 Å². The van der Waals surface area contributed by atoms with Crippen molar-refractivity contribution in [2.75, 3.05) is 26.2 Å². The molecule has 4 aromatic rings. The summed E-state index contributed by atoms with van der Waals surface area (Å²) in [5.41, 5.74) is 6.92. The van der Waals surface area contributed by atoms with Crippen LogP contribution >= 0.6 is 0 Å². The zero-order valence-corrected chi connectivity index (χ0v) is 33.3. The van der Waals surface area contributed by atoms with Gasteiger partial charge in [0.1, 0.15) is 0 Å². The molecule has 0 radical (unpaired) electrons. The van der Waals surface area contributed by atoms with Crippen LogP contribution in [0.4, 0.5) is 22.7 Å². The van der Waals surface area contributed by atoms with Crippen molar-refractivity contribution in [2.24, 2.45) is 0 Å². The van der Waals surface area contributed by atoms with E-state index in [1.165, 1.54) is 74.1 Å². The van der Waals surface area contributed by atoms with Gasteiger partial charge < -0.3 is 12.8 Å². The predicted molar refractivity (Wildman–Crippen MR) is 207 cm³/mol. The van der Waals surface area contributed by atoms with Gasteiger partial charge in [-0.15, -0.1) is 35.4 Å². The maximum Gasteiger partial charge on any atom is 2.00 e. The van der Waals surface area contributed by atoms with Crippen LogP contribution in [0.3, 0.4) is 0 Å². The van der Waals surface area contributed by atoms with Gasteiger partial charge in [0.25, 0.3) is 22.7 Å². The van der Waals surface area contributed by atoms with E-state index in [-0.39, 0.29) is 21.1 Å². The minimum Gasteiger partial charge on any atom is -0.366 e. The summed E-state index contributed by atoms with van der Waals surface area (Å²) in [6, 6.07) is 43.0. The molecule has 51 heavy (non-hydrogen) atoms. The van der Waals surface area contributed by atoms with E-state index in [9.17, 15) is 0 Å². The van der Waals surface area contributed by atoms with Crippen LogP contribution in [-0.2, 0) is 21.1 Å². The fraction of sp³-hybridized carbons (Fsp3) is 0.348. The first-order valence-electron chi connectivity index (χ1n) is 18.4. The Morgan fingerprint density at radius 1 is 0.412 bits per heavy atom. The van der Waals surface area contributed by atoms with E-state index in [0.29, 0.717) is 0 Å². The summed E-state index contributed by atoms with van der Waals surface area (Å²) in [4.78, 5) is 0. The van der Waals surface area contributed by atoms with Gasteiger partial charge in [0, 0.05) is 49.9 Å². The number of unbranched alkanes of at least 4 members (excludes halogenated alkanes) is 4. The first kappa shape index (κ1) is 42.6. The Labute approximate surface area is 322 Å². The van der Waals surface area contributed by atoms with Gasteiger partial charge in [0.2, 0.25) is 0 Å². The monoisotopic (exact) mass is 857 g/mol. The van der Waals surface area contributed by atoms with E-state index in [1.54, 1.807) is 0 Å². The van der Waals surface area contributed by atoms with Crippen LogP contribution < -0.4 is 0 Å². The van der Waals surface area contributed by atoms with Crippen molar-refractivity contribution < 1.29 is 39.4 Å². The van der Waals surface area contributed by atoms with Crippen molar-refractivity contribution in [2.45, 2.75) is 79.1 Å². The topological polar surface area (TPSA) is 12.0 Å². The molecule has 0 aromatic heterocycles. The van der Waals surface area contributed by atoms with E-state index in [1.807, 2.05) is 60.7 Å². The largest absolute Gasteiger partial charge is 2.00 e. The summed E-state index contributed by atoms with van der Waals surface area (Å²) in [5.74, 6) is 4.55. The molecule has 0 atom stereocenters. The molecule has 0 saturated carbocycles. The third kappa shape index (κ3) is 14.3. The molecule has 0 unspecified atom stereocenters. The summed E-state index contributed by atoms with van der Waals surface area (Å²) in [6.45, 7) is 13.2. The van der Waals surface area contributed by atoms with E-state index < -0.39 is 0 Å². The van der Waals surface area contributed by atoms with Crippen LogP contribution in [-0.4, -0.2) is 56.5 Å². The standard InChI is InChI=1S/2C15H22N2.2C8H5.Pt/c2*1-3-5-11-16-13-17(12-6-4-2)15-10-8-7-9-14(15)16;2*1-2-8-6-4-3-5-7-8;/h2*7-10H,3-6,11-12H2,1-2H3;2*3-7H;/q2*+2;2*-1;+2. The molecule has 0 saturated heterocycles.